The van der Waals surface area contributed by atoms with E-state index in [1.165, 1.54) is 19.3 Å². The third-order valence-electron chi connectivity index (χ3n) is 3.16. The SMILES string of the molecule is CC1(C)CCC(n2cnc(CBr)c2)C1. The van der Waals surface area contributed by atoms with Crippen molar-refractivity contribution < 1.29 is 0 Å². The smallest absolute Gasteiger partial charge is 0.0952 e. The lowest BCUT2D eigenvalue weighted by molar-refractivity contribution is 0.358. The Hall–Kier alpha value is -0.310. The Balaban J connectivity index is 2.09. The summed E-state index contributed by atoms with van der Waals surface area (Å²) in [7, 11) is 0. The first-order valence-corrected chi connectivity index (χ1v) is 6.31. The second kappa shape index (κ2) is 3.69. The average Bonchev–Trinajstić information content (AvgIpc) is 2.70. The zero-order valence-electron chi connectivity index (χ0n) is 8.83. The Morgan fingerprint density at radius 1 is 1.64 bits per heavy atom. The van der Waals surface area contributed by atoms with Crippen LogP contribution >= 0.6 is 15.9 Å². The molecular formula is C11H17BrN2. The summed E-state index contributed by atoms with van der Waals surface area (Å²) in [6.45, 7) is 4.71. The fraction of sp³-hybridized carbons (Fsp3) is 0.727. The van der Waals surface area contributed by atoms with E-state index in [0.29, 0.717) is 11.5 Å². The molecule has 0 amide bonds. The summed E-state index contributed by atoms with van der Waals surface area (Å²) in [5.74, 6) is 0. The van der Waals surface area contributed by atoms with E-state index in [4.69, 9.17) is 0 Å². The summed E-state index contributed by atoms with van der Waals surface area (Å²) in [5, 5.41) is 0.857. The van der Waals surface area contributed by atoms with Crippen molar-refractivity contribution in [2.75, 3.05) is 0 Å². The third kappa shape index (κ3) is 2.02. The number of hydrogen-bond acceptors (Lipinski definition) is 1. The molecule has 1 aromatic heterocycles. The van der Waals surface area contributed by atoms with Crippen LogP contribution < -0.4 is 0 Å². The largest absolute Gasteiger partial charge is 0.334 e. The maximum Gasteiger partial charge on any atom is 0.0952 e. The summed E-state index contributed by atoms with van der Waals surface area (Å²) in [6.07, 6.45) is 8.05. The van der Waals surface area contributed by atoms with Gasteiger partial charge in [0.25, 0.3) is 0 Å². The minimum absolute atomic E-state index is 0.517. The van der Waals surface area contributed by atoms with Crippen molar-refractivity contribution in [3.63, 3.8) is 0 Å². The molecular weight excluding hydrogens is 240 g/mol. The van der Waals surface area contributed by atoms with Crippen LogP contribution in [0.4, 0.5) is 0 Å². The van der Waals surface area contributed by atoms with Gasteiger partial charge in [0, 0.05) is 17.6 Å². The van der Waals surface area contributed by atoms with Gasteiger partial charge in [-0.25, -0.2) is 4.98 Å². The second-order valence-electron chi connectivity index (χ2n) is 5.01. The molecule has 1 saturated carbocycles. The maximum absolute atomic E-state index is 4.34. The zero-order chi connectivity index (χ0) is 10.2. The van der Waals surface area contributed by atoms with Gasteiger partial charge in [-0.1, -0.05) is 29.8 Å². The van der Waals surface area contributed by atoms with Crippen molar-refractivity contribution in [1.29, 1.82) is 0 Å². The molecule has 78 valence electrons. The lowest BCUT2D eigenvalue weighted by Gasteiger charge is -2.17. The molecule has 2 nitrogen and oxygen atoms in total. The molecule has 14 heavy (non-hydrogen) atoms. The lowest BCUT2D eigenvalue weighted by atomic mass is 9.92. The van der Waals surface area contributed by atoms with Crippen LogP contribution in [0.5, 0.6) is 0 Å². The molecule has 1 aliphatic rings. The maximum atomic E-state index is 4.34. The molecule has 0 N–H and O–H groups in total. The predicted molar refractivity (Wildman–Crippen MR) is 61.5 cm³/mol. The van der Waals surface area contributed by atoms with Crippen molar-refractivity contribution in [3.8, 4) is 0 Å². The van der Waals surface area contributed by atoms with E-state index in [0.717, 1.165) is 11.0 Å². The van der Waals surface area contributed by atoms with E-state index in [1.54, 1.807) is 0 Å². The molecule has 2 rings (SSSR count). The third-order valence-corrected chi connectivity index (χ3v) is 3.73. The fourth-order valence-corrected chi connectivity index (χ4v) is 2.59. The number of rotatable bonds is 2. The molecule has 1 unspecified atom stereocenters. The van der Waals surface area contributed by atoms with Crippen LogP contribution in [0.3, 0.4) is 0 Å². The number of aromatic nitrogens is 2. The van der Waals surface area contributed by atoms with Crippen LogP contribution in [0.1, 0.15) is 44.8 Å². The standard InChI is InChI=1S/C11H17BrN2/c1-11(2)4-3-10(5-11)14-7-9(6-12)13-8-14/h7-8,10H,3-6H2,1-2H3. The molecule has 1 atom stereocenters. The number of alkyl halides is 1. The van der Waals surface area contributed by atoms with Gasteiger partial charge in [0.05, 0.1) is 12.0 Å². The first-order valence-electron chi connectivity index (χ1n) is 5.19. The monoisotopic (exact) mass is 256 g/mol. The summed E-state index contributed by atoms with van der Waals surface area (Å²) < 4.78 is 2.28. The van der Waals surface area contributed by atoms with Crippen LogP contribution in [0, 0.1) is 5.41 Å². The topological polar surface area (TPSA) is 17.8 Å². The van der Waals surface area contributed by atoms with E-state index in [2.05, 4.69) is 45.5 Å². The van der Waals surface area contributed by atoms with Crippen molar-refractivity contribution in [1.82, 2.24) is 9.55 Å². The summed E-state index contributed by atoms with van der Waals surface area (Å²) in [4.78, 5) is 4.34. The fourth-order valence-electron chi connectivity index (χ4n) is 2.30. The molecule has 1 aliphatic carbocycles. The molecule has 0 bridgehead atoms. The van der Waals surface area contributed by atoms with Gasteiger partial charge in [0.2, 0.25) is 0 Å². The molecule has 0 aliphatic heterocycles. The highest BCUT2D eigenvalue weighted by Crippen LogP contribution is 2.43. The van der Waals surface area contributed by atoms with E-state index < -0.39 is 0 Å². The Morgan fingerprint density at radius 2 is 2.43 bits per heavy atom. The van der Waals surface area contributed by atoms with E-state index in [1.807, 2.05) is 6.33 Å². The molecule has 0 radical (unpaired) electrons. The molecule has 3 heteroatoms. The van der Waals surface area contributed by atoms with E-state index >= 15 is 0 Å². The molecule has 1 heterocycles. The van der Waals surface area contributed by atoms with Crippen LogP contribution in [0.2, 0.25) is 0 Å². The number of halogens is 1. The molecule has 0 spiro atoms. The van der Waals surface area contributed by atoms with Crippen molar-refractivity contribution in [2.45, 2.75) is 44.5 Å². The predicted octanol–water partition coefficient (Wildman–Crippen LogP) is 3.53. The van der Waals surface area contributed by atoms with Crippen molar-refractivity contribution in [3.05, 3.63) is 18.2 Å². The minimum atomic E-state index is 0.517. The van der Waals surface area contributed by atoms with Gasteiger partial charge in [-0.3, -0.25) is 0 Å². The summed E-state index contributed by atoms with van der Waals surface area (Å²) >= 11 is 3.43. The van der Waals surface area contributed by atoms with Gasteiger partial charge in [-0.05, 0) is 24.7 Å². The highest BCUT2D eigenvalue weighted by molar-refractivity contribution is 9.08. The highest BCUT2D eigenvalue weighted by Gasteiger charge is 2.31. The van der Waals surface area contributed by atoms with Crippen LogP contribution in [-0.2, 0) is 5.33 Å². The van der Waals surface area contributed by atoms with E-state index in [-0.39, 0.29) is 0 Å². The number of imidazole rings is 1. The Morgan fingerprint density at radius 3 is 2.93 bits per heavy atom. The van der Waals surface area contributed by atoms with E-state index in [9.17, 15) is 0 Å². The molecule has 0 aromatic carbocycles. The van der Waals surface area contributed by atoms with Gasteiger partial charge >= 0.3 is 0 Å². The van der Waals surface area contributed by atoms with Crippen molar-refractivity contribution in [2.24, 2.45) is 5.41 Å². The molecule has 0 saturated heterocycles. The lowest BCUT2D eigenvalue weighted by Crippen LogP contribution is -2.07. The molecule has 1 aromatic rings. The van der Waals surface area contributed by atoms with Crippen molar-refractivity contribution >= 4 is 15.9 Å². The second-order valence-corrected chi connectivity index (χ2v) is 5.57. The Labute approximate surface area is 93.9 Å². The summed E-state index contributed by atoms with van der Waals surface area (Å²) in [6, 6.07) is 0.672. The van der Waals surface area contributed by atoms with Gasteiger partial charge in [-0.2, -0.15) is 0 Å². The Bertz CT molecular complexity index is 317. The van der Waals surface area contributed by atoms with Gasteiger partial charge in [-0.15, -0.1) is 0 Å². The molecule has 1 fully saturated rings. The summed E-state index contributed by atoms with van der Waals surface area (Å²) in [5.41, 5.74) is 1.65. The number of hydrogen-bond donors (Lipinski definition) is 0. The quantitative estimate of drug-likeness (QED) is 0.741. The van der Waals surface area contributed by atoms with Gasteiger partial charge < -0.3 is 4.57 Å². The first kappa shape index (κ1) is 10.2. The van der Waals surface area contributed by atoms with Gasteiger partial charge in [0.1, 0.15) is 0 Å². The minimum Gasteiger partial charge on any atom is -0.334 e. The zero-order valence-corrected chi connectivity index (χ0v) is 10.4. The number of nitrogens with zero attached hydrogens (tertiary/aromatic N) is 2. The highest BCUT2D eigenvalue weighted by atomic mass is 79.9. The normalized spacial score (nSPS) is 25.5. The first-order chi connectivity index (χ1) is 6.61. The average molecular weight is 257 g/mol. The van der Waals surface area contributed by atoms with Crippen LogP contribution in [0.25, 0.3) is 0 Å². The van der Waals surface area contributed by atoms with Gasteiger partial charge in [0.15, 0.2) is 0 Å². The van der Waals surface area contributed by atoms with Crippen LogP contribution in [-0.4, -0.2) is 9.55 Å². The Kier molecular flexibility index (Phi) is 2.69. The van der Waals surface area contributed by atoms with Crippen LogP contribution in [0.15, 0.2) is 12.5 Å².